The molecule has 0 saturated carbocycles. The van der Waals surface area contributed by atoms with Gasteiger partial charge in [-0.3, -0.25) is 4.79 Å². The van der Waals surface area contributed by atoms with Crippen LogP contribution in [-0.4, -0.2) is 55.0 Å². The first-order chi connectivity index (χ1) is 19.4. The number of amides is 3. The summed E-state index contributed by atoms with van der Waals surface area (Å²) in [7, 11) is 1.66. The molecule has 3 aromatic carbocycles. The monoisotopic (exact) mass is 560 g/mol. The Bertz CT molecular complexity index is 1290. The highest BCUT2D eigenvalue weighted by molar-refractivity contribution is 6.30. The molecule has 2 N–H and O–H groups in total. The number of hydrogen-bond acceptors (Lipinski definition) is 4. The number of halogens is 1. The van der Waals surface area contributed by atoms with Crippen LogP contribution in [0.1, 0.15) is 42.9 Å². The summed E-state index contributed by atoms with van der Waals surface area (Å²) >= 11 is 6.07. The third-order valence-corrected chi connectivity index (χ3v) is 8.51. The fourth-order valence-corrected chi connectivity index (χ4v) is 6.06. The zero-order valence-electron chi connectivity index (χ0n) is 22.9. The van der Waals surface area contributed by atoms with Crippen LogP contribution >= 0.6 is 11.6 Å². The molecule has 0 bridgehead atoms. The molecule has 2 aliphatic heterocycles. The molecule has 1 spiro atoms. The van der Waals surface area contributed by atoms with Gasteiger partial charge in [-0.05, 0) is 80.2 Å². The first-order valence-corrected chi connectivity index (χ1v) is 14.3. The summed E-state index contributed by atoms with van der Waals surface area (Å²) in [6, 6.07) is 24.7. The second kappa shape index (κ2) is 12.7. The number of nitrogens with zero attached hydrogens (tertiary/aromatic N) is 2. The predicted molar refractivity (Wildman–Crippen MR) is 159 cm³/mol. The largest absolute Gasteiger partial charge is 0.497 e. The number of carbonyl (C=O) groups is 2. The Morgan fingerprint density at radius 3 is 2.40 bits per heavy atom. The number of likely N-dealkylation sites (tertiary alicyclic amines) is 2. The van der Waals surface area contributed by atoms with E-state index in [0.29, 0.717) is 23.2 Å². The van der Waals surface area contributed by atoms with Crippen molar-refractivity contribution in [2.24, 2.45) is 5.41 Å². The highest BCUT2D eigenvalue weighted by atomic mass is 35.5. The van der Waals surface area contributed by atoms with Crippen LogP contribution in [0.15, 0.2) is 78.9 Å². The van der Waals surface area contributed by atoms with Crippen LogP contribution in [-0.2, 0) is 11.3 Å². The van der Waals surface area contributed by atoms with Gasteiger partial charge in [0.15, 0.2) is 0 Å². The smallest absolute Gasteiger partial charge is 0.319 e. The van der Waals surface area contributed by atoms with E-state index in [2.05, 4.69) is 15.5 Å². The van der Waals surface area contributed by atoms with Gasteiger partial charge in [0.05, 0.1) is 18.6 Å². The fourth-order valence-electron chi connectivity index (χ4n) is 5.87. The average Bonchev–Trinajstić information content (AvgIpc) is 3.26. The van der Waals surface area contributed by atoms with Crippen molar-refractivity contribution in [2.45, 2.75) is 38.3 Å². The molecule has 2 heterocycles. The molecule has 8 heteroatoms. The van der Waals surface area contributed by atoms with Crippen molar-refractivity contribution >= 4 is 29.2 Å². The maximum absolute atomic E-state index is 13.5. The Labute approximate surface area is 241 Å². The first-order valence-electron chi connectivity index (χ1n) is 14.0. The van der Waals surface area contributed by atoms with Crippen molar-refractivity contribution in [1.29, 1.82) is 0 Å². The Morgan fingerprint density at radius 1 is 0.975 bits per heavy atom. The predicted octanol–water partition coefficient (Wildman–Crippen LogP) is 6.12. The molecule has 0 radical (unpaired) electrons. The average molecular weight is 561 g/mol. The van der Waals surface area contributed by atoms with Crippen LogP contribution in [0.25, 0.3) is 0 Å². The topological polar surface area (TPSA) is 73.9 Å². The molecule has 3 amide bonds. The van der Waals surface area contributed by atoms with Gasteiger partial charge in [-0.25, -0.2) is 4.79 Å². The number of nitrogens with one attached hydrogen (secondary N) is 2. The summed E-state index contributed by atoms with van der Waals surface area (Å²) in [6.45, 7) is 4.08. The first kappa shape index (κ1) is 28.0. The van der Waals surface area contributed by atoms with Gasteiger partial charge in [-0.1, -0.05) is 60.1 Å². The number of urea groups is 1. The maximum atomic E-state index is 13.5. The van der Waals surface area contributed by atoms with Crippen LogP contribution in [0.4, 0.5) is 10.5 Å². The molecule has 1 atom stereocenters. The van der Waals surface area contributed by atoms with E-state index in [9.17, 15) is 9.59 Å². The van der Waals surface area contributed by atoms with Crippen LogP contribution in [0.3, 0.4) is 0 Å². The minimum Gasteiger partial charge on any atom is -0.497 e. The number of piperidine rings is 1. The van der Waals surface area contributed by atoms with Crippen LogP contribution in [0.5, 0.6) is 5.75 Å². The van der Waals surface area contributed by atoms with E-state index in [1.807, 2.05) is 71.6 Å². The van der Waals surface area contributed by atoms with Crippen molar-refractivity contribution < 1.29 is 14.3 Å². The summed E-state index contributed by atoms with van der Waals surface area (Å²) < 4.78 is 5.25. The zero-order valence-corrected chi connectivity index (χ0v) is 23.7. The minimum absolute atomic E-state index is 0.135. The molecular formula is C32H37ClN4O3. The van der Waals surface area contributed by atoms with E-state index in [1.54, 1.807) is 19.2 Å². The minimum atomic E-state index is -0.262. The Kier molecular flexibility index (Phi) is 8.92. The number of anilines is 1. The highest BCUT2D eigenvalue weighted by Gasteiger charge is 2.47. The molecule has 5 rings (SSSR count). The number of benzene rings is 3. The molecule has 2 fully saturated rings. The summed E-state index contributed by atoms with van der Waals surface area (Å²) in [5, 5.41) is 6.61. The van der Waals surface area contributed by atoms with E-state index in [1.165, 1.54) is 0 Å². The van der Waals surface area contributed by atoms with Crippen molar-refractivity contribution in [1.82, 2.24) is 15.1 Å². The van der Waals surface area contributed by atoms with Crippen molar-refractivity contribution in [3.63, 3.8) is 0 Å². The van der Waals surface area contributed by atoms with Crippen molar-refractivity contribution in [2.75, 3.05) is 38.6 Å². The van der Waals surface area contributed by atoms with Crippen LogP contribution < -0.4 is 15.4 Å². The molecular weight excluding hydrogens is 524 g/mol. The van der Waals surface area contributed by atoms with Crippen LogP contribution in [0, 0.1) is 5.41 Å². The summed E-state index contributed by atoms with van der Waals surface area (Å²) in [4.78, 5) is 30.8. The van der Waals surface area contributed by atoms with Crippen LogP contribution in [0.2, 0.25) is 5.02 Å². The van der Waals surface area contributed by atoms with E-state index in [4.69, 9.17) is 16.3 Å². The quantitative estimate of drug-likeness (QED) is 0.331. The second-order valence-electron chi connectivity index (χ2n) is 10.8. The summed E-state index contributed by atoms with van der Waals surface area (Å²) in [5.74, 6) is 1.12. The highest BCUT2D eigenvalue weighted by Crippen LogP contribution is 2.42. The lowest BCUT2D eigenvalue weighted by Crippen LogP contribution is -2.45. The lowest BCUT2D eigenvalue weighted by atomic mass is 9.77. The third-order valence-electron chi connectivity index (χ3n) is 8.27. The maximum Gasteiger partial charge on any atom is 0.319 e. The van der Waals surface area contributed by atoms with Gasteiger partial charge < -0.3 is 25.2 Å². The van der Waals surface area contributed by atoms with Gasteiger partial charge in [0.1, 0.15) is 5.75 Å². The van der Waals surface area contributed by atoms with Gasteiger partial charge in [0, 0.05) is 30.3 Å². The molecule has 0 aliphatic carbocycles. The number of rotatable bonds is 9. The van der Waals surface area contributed by atoms with E-state index in [0.717, 1.165) is 68.7 Å². The number of ether oxygens (including phenoxy) is 1. The van der Waals surface area contributed by atoms with Gasteiger partial charge >= 0.3 is 6.03 Å². The number of methoxy groups -OCH3 is 1. The van der Waals surface area contributed by atoms with Crippen molar-refractivity contribution in [3.8, 4) is 5.75 Å². The normalized spacial score (nSPS) is 17.6. The third kappa shape index (κ3) is 6.77. The molecule has 210 valence electrons. The van der Waals surface area contributed by atoms with Gasteiger partial charge in [-0.15, -0.1) is 0 Å². The number of hydrogen-bond donors (Lipinski definition) is 2. The van der Waals surface area contributed by atoms with Gasteiger partial charge in [-0.2, -0.15) is 0 Å². The van der Waals surface area contributed by atoms with E-state index >= 15 is 0 Å². The Morgan fingerprint density at radius 2 is 1.70 bits per heavy atom. The molecule has 2 saturated heterocycles. The SMILES string of the molecule is COc1ccc(CN2CCC3(CCN(CCC(NC(=O)Nc4cccc(Cl)c4)c4ccccc4)CC3)C2=O)cc1. The Hall–Kier alpha value is -3.55. The standard InChI is InChI=1S/C32H37ClN4O3/c1-40-28-12-10-24(11-13-28)23-37-21-17-32(30(37)38)15-19-36(20-16-32)18-14-29(25-6-3-2-4-7-25)35-31(39)34-27-9-5-8-26(33)22-27/h2-13,22,29H,14-21,23H2,1H3,(H2,34,35,39). The molecule has 7 nitrogen and oxygen atoms in total. The lowest BCUT2D eigenvalue weighted by Gasteiger charge is -2.38. The lowest BCUT2D eigenvalue weighted by molar-refractivity contribution is -0.138. The number of carbonyl (C=O) groups excluding carboxylic acids is 2. The fraction of sp³-hybridized carbons (Fsp3) is 0.375. The zero-order chi connectivity index (χ0) is 28.0. The second-order valence-corrected chi connectivity index (χ2v) is 11.2. The summed E-state index contributed by atoms with van der Waals surface area (Å²) in [5.41, 5.74) is 2.61. The molecule has 2 aliphatic rings. The molecule has 40 heavy (non-hydrogen) atoms. The molecule has 1 unspecified atom stereocenters. The van der Waals surface area contributed by atoms with Gasteiger partial charge in [0.25, 0.3) is 0 Å². The summed E-state index contributed by atoms with van der Waals surface area (Å²) in [6.07, 6.45) is 3.46. The van der Waals surface area contributed by atoms with Gasteiger partial charge in [0.2, 0.25) is 5.91 Å². The van der Waals surface area contributed by atoms with Crippen molar-refractivity contribution in [3.05, 3.63) is 95.0 Å². The molecule has 0 aromatic heterocycles. The van der Waals surface area contributed by atoms with E-state index < -0.39 is 0 Å². The van der Waals surface area contributed by atoms with E-state index in [-0.39, 0.29) is 17.5 Å². The Balaban J connectivity index is 1.14. The molecule has 3 aromatic rings.